The summed E-state index contributed by atoms with van der Waals surface area (Å²) in [6, 6.07) is 22.7. The number of methoxy groups -OCH3 is 1. The lowest BCUT2D eigenvalue weighted by molar-refractivity contribution is -0.141. The van der Waals surface area contributed by atoms with Crippen molar-refractivity contribution in [2.45, 2.75) is 39.8 Å². The SMILES string of the molecule is COC(=O)C[C@@H]1N=C(c2ccc(NCc3cccc4ccccc34)cc2)c2c(sc(C)c2C)-n2c(C)nnc21. The van der Waals surface area contributed by atoms with Crippen molar-refractivity contribution in [2.24, 2.45) is 4.99 Å². The molecule has 0 fully saturated rings. The summed E-state index contributed by atoms with van der Waals surface area (Å²) in [6.45, 7) is 6.91. The molecule has 39 heavy (non-hydrogen) atoms. The maximum Gasteiger partial charge on any atom is 0.308 e. The first-order chi connectivity index (χ1) is 18.9. The molecule has 3 aromatic carbocycles. The third-order valence-corrected chi connectivity index (χ3v) is 8.54. The first-order valence-electron chi connectivity index (χ1n) is 12.9. The number of carbonyl (C=O) groups excluding carboxylic acids is 1. The van der Waals surface area contributed by atoms with Crippen LogP contribution in [0, 0.1) is 20.8 Å². The molecule has 0 aliphatic carbocycles. The lowest BCUT2D eigenvalue weighted by atomic mass is 9.99. The second-order valence-electron chi connectivity index (χ2n) is 9.75. The Labute approximate surface area is 231 Å². The number of thiophene rings is 1. The monoisotopic (exact) mass is 535 g/mol. The van der Waals surface area contributed by atoms with Gasteiger partial charge in [0.05, 0.1) is 19.2 Å². The van der Waals surface area contributed by atoms with Crippen molar-refractivity contribution in [2.75, 3.05) is 12.4 Å². The molecule has 1 aliphatic heterocycles. The molecule has 0 spiro atoms. The second-order valence-corrected chi connectivity index (χ2v) is 11.0. The minimum atomic E-state index is -0.503. The molecular weight excluding hydrogens is 506 g/mol. The number of hydrogen-bond donors (Lipinski definition) is 1. The predicted molar refractivity (Wildman–Crippen MR) is 156 cm³/mol. The van der Waals surface area contributed by atoms with Crippen molar-refractivity contribution in [3.05, 3.63) is 106 Å². The van der Waals surface area contributed by atoms with Crippen LogP contribution in [-0.2, 0) is 16.1 Å². The van der Waals surface area contributed by atoms with Gasteiger partial charge in [0.15, 0.2) is 5.82 Å². The van der Waals surface area contributed by atoms with Crippen LogP contribution in [0.1, 0.15) is 51.2 Å². The Bertz CT molecular complexity index is 1730. The Hall–Kier alpha value is -4.30. The van der Waals surface area contributed by atoms with Crippen molar-refractivity contribution in [1.82, 2.24) is 14.8 Å². The molecule has 0 saturated heterocycles. The Balaban J connectivity index is 1.36. The highest BCUT2D eigenvalue weighted by Crippen LogP contribution is 2.39. The summed E-state index contributed by atoms with van der Waals surface area (Å²) in [5.41, 5.74) is 6.35. The number of aliphatic imine (C=N–C) groups is 1. The highest BCUT2D eigenvalue weighted by atomic mass is 32.1. The van der Waals surface area contributed by atoms with Gasteiger partial charge in [-0.2, -0.15) is 0 Å². The van der Waals surface area contributed by atoms with Gasteiger partial charge in [0.2, 0.25) is 0 Å². The third-order valence-electron chi connectivity index (χ3n) is 7.35. The maximum absolute atomic E-state index is 12.3. The van der Waals surface area contributed by atoms with Crippen LogP contribution in [0.4, 0.5) is 5.69 Å². The van der Waals surface area contributed by atoms with Gasteiger partial charge < -0.3 is 10.1 Å². The van der Waals surface area contributed by atoms with Crippen LogP contribution in [0.3, 0.4) is 0 Å². The fourth-order valence-electron chi connectivity index (χ4n) is 5.16. The number of fused-ring (bicyclic) bond motifs is 4. The first-order valence-corrected chi connectivity index (χ1v) is 13.7. The molecule has 0 radical (unpaired) electrons. The van der Waals surface area contributed by atoms with Crippen molar-refractivity contribution < 1.29 is 9.53 Å². The molecule has 0 saturated carbocycles. The number of rotatable bonds is 6. The summed E-state index contributed by atoms with van der Waals surface area (Å²) in [5, 5.41) is 15.9. The van der Waals surface area contributed by atoms with Gasteiger partial charge in [-0.1, -0.05) is 54.6 Å². The molecule has 5 aromatic rings. The highest BCUT2D eigenvalue weighted by Gasteiger charge is 2.32. The normalized spacial score (nSPS) is 14.4. The molecule has 0 amide bonds. The van der Waals surface area contributed by atoms with Crippen LogP contribution in [0.5, 0.6) is 0 Å². The van der Waals surface area contributed by atoms with E-state index < -0.39 is 6.04 Å². The number of ether oxygens (including phenoxy) is 1. The lowest BCUT2D eigenvalue weighted by Gasteiger charge is -2.13. The number of aromatic nitrogens is 3. The summed E-state index contributed by atoms with van der Waals surface area (Å²) in [6.07, 6.45) is 0.0930. The molecule has 8 heteroatoms. The van der Waals surface area contributed by atoms with E-state index in [1.807, 2.05) is 11.5 Å². The number of esters is 1. The highest BCUT2D eigenvalue weighted by molar-refractivity contribution is 7.15. The average Bonchev–Trinajstić information content (AvgIpc) is 3.43. The van der Waals surface area contributed by atoms with E-state index in [9.17, 15) is 4.79 Å². The molecule has 1 N–H and O–H groups in total. The maximum atomic E-state index is 12.3. The van der Waals surface area contributed by atoms with E-state index >= 15 is 0 Å². The number of carbonyl (C=O) groups is 1. The summed E-state index contributed by atoms with van der Waals surface area (Å²) < 4.78 is 7.04. The Morgan fingerprint density at radius 1 is 1.00 bits per heavy atom. The standard InChI is InChI=1S/C31H29N5O2S/c1-18-19(2)39-31-28(18)29(33-26(16-27(37)38-4)30-35-34-20(3)36(30)31)22-12-14-24(15-13-22)32-17-23-10-7-9-21-8-5-6-11-25(21)23/h5-15,26,32H,16-17H2,1-4H3/t26-/m0/s1. The molecule has 7 nitrogen and oxygen atoms in total. The predicted octanol–water partition coefficient (Wildman–Crippen LogP) is 6.47. The smallest absolute Gasteiger partial charge is 0.308 e. The van der Waals surface area contributed by atoms with E-state index in [0.717, 1.165) is 39.9 Å². The fraction of sp³-hybridized carbons (Fsp3) is 0.226. The van der Waals surface area contributed by atoms with Gasteiger partial charge in [0, 0.05) is 28.2 Å². The van der Waals surface area contributed by atoms with Crippen molar-refractivity contribution in [3.8, 4) is 5.00 Å². The van der Waals surface area contributed by atoms with Gasteiger partial charge in [-0.3, -0.25) is 14.4 Å². The Morgan fingerprint density at radius 3 is 2.56 bits per heavy atom. The van der Waals surface area contributed by atoms with Gasteiger partial charge in [-0.05, 0) is 54.8 Å². The number of benzene rings is 3. The zero-order valence-electron chi connectivity index (χ0n) is 22.4. The lowest BCUT2D eigenvalue weighted by Crippen LogP contribution is -2.12. The van der Waals surface area contributed by atoms with Gasteiger partial charge in [0.25, 0.3) is 0 Å². The number of anilines is 1. The topological polar surface area (TPSA) is 81.4 Å². The fourth-order valence-corrected chi connectivity index (χ4v) is 6.37. The molecule has 2 aromatic heterocycles. The summed E-state index contributed by atoms with van der Waals surface area (Å²) in [4.78, 5) is 18.7. The zero-order chi connectivity index (χ0) is 27.1. The molecule has 0 unspecified atom stereocenters. The average molecular weight is 536 g/mol. The molecular formula is C31H29N5O2S. The van der Waals surface area contributed by atoms with Crippen LogP contribution in [-0.4, -0.2) is 33.6 Å². The van der Waals surface area contributed by atoms with E-state index in [2.05, 4.69) is 96.1 Å². The van der Waals surface area contributed by atoms with Crippen LogP contribution in [0.25, 0.3) is 15.8 Å². The molecule has 1 atom stereocenters. The van der Waals surface area contributed by atoms with Gasteiger partial charge in [-0.25, -0.2) is 0 Å². The van der Waals surface area contributed by atoms with Crippen molar-refractivity contribution in [3.63, 3.8) is 0 Å². The van der Waals surface area contributed by atoms with E-state index in [4.69, 9.17) is 9.73 Å². The summed E-state index contributed by atoms with van der Waals surface area (Å²) in [5.74, 6) is 1.09. The first kappa shape index (κ1) is 25.0. The van der Waals surface area contributed by atoms with Gasteiger partial charge >= 0.3 is 5.97 Å². The van der Waals surface area contributed by atoms with Gasteiger partial charge in [0.1, 0.15) is 16.9 Å². The number of aryl methyl sites for hydroxylation is 2. The van der Waals surface area contributed by atoms with E-state index in [0.29, 0.717) is 5.82 Å². The Kier molecular flexibility index (Phi) is 6.48. The number of hydrogen-bond acceptors (Lipinski definition) is 7. The van der Waals surface area contributed by atoms with Crippen LogP contribution in [0.2, 0.25) is 0 Å². The molecule has 3 heterocycles. The van der Waals surface area contributed by atoms with Crippen LogP contribution < -0.4 is 5.32 Å². The number of nitrogens with one attached hydrogen (secondary N) is 1. The van der Waals surface area contributed by atoms with Crippen LogP contribution >= 0.6 is 11.3 Å². The quantitative estimate of drug-likeness (QED) is 0.252. The molecule has 0 bridgehead atoms. The van der Waals surface area contributed by atoms with Gasteiger partial charge in [-0.15, -0.1) is 21.5 Å². The summed E-state index contributed by atoms with van der Waals surface area (Å²) >= 11 is 1.70. The minimum absolute atomic E-state index is 0.0930. The number of nitrogens with zero attached hydrogens (tertiary/aromatic N) is 4. The Morgan fingerprint density at radius 2 is 1.77 bits per heavy atom. The third kappa shape index (κ3) is 4.51. The molecule has 1 aliphatic rings. The minimum Gasteiger partial charge on any atom is -0.469 e. The zero-order valence-corrected chi connectivity index (χ0v) is 23.2. The largest absolute Gasteiger partial charge is 0.469 e. The van der Waals surface area contributed by atoms with Crippen LogP contribution in [0.15, 0.2) is 71.7 Å². The van der Waals surface area contributed by atoms with E-state index in [1.54, 1.807) is 11.3 Å². The van der Waals surface area contributed by atoms with Crippen molar-refractivity contribution >= 4 is 39.5 Å². The summed E-state index contributed by atoms with van der Waals surface area (Å²) in [7, 11) is 1.40. The van der Waals surface area contributed by atoms with E-state index in [-0.39, 0.29) is 12.4 Å². The van der Waals surface area contributed by atoms with E-state index in [1.165, 1.54) is 33.9 Å². The molecule has 6 rings (SSSR count). The second kappa shape index (κ2) is 10.1. The van der Waals surface area contributed by atoms with Crippen molar-refractivity contribution in [1.29, 1.82) is 0 Å². The molecule has 196 valence electrons.